The summed E-state index contributed by atoms with van der Waals surface area (Å²) >= 11 is 0. The number of phenols is 2. The van der Waals surface area contributed by atoms with E-state index in [0.717, 1.165) is 11.1 Å². The SMILES string of the molecule is CCN1C(=O)[C@H](CCCN)NC(=O)C(N)Cc2cc(ccc2O)-c2ccc(O)c(c2)CC1C(=O)NCCN. The van der Waals surface area contributed by atoms with E-state index in [9.17, 15) is 24.6 Å². The number of nitrogens with two attached hydrogens (primary N) is 3. The number of likely N-dealkylation sites (N-methyl/N-ethyl adjacent to an activating group) is 1. The van der Waals surface area contributed by atoms with Crippen LogP contribution in [0.3, 0.4) is 0 Å². The van der Waals surface area contributed by atoms with E-state index in [1.165, 1.54) is 17.0 Å². The lowest BCUT2D eigenvalue weighted by Gasteiger charge is -2.33. The number of phenolic OH excluding ortho intramolecular Hbond substituents is 2. The van der Waals surface area contributed by atoms with Gasteiger partial charge in [-0.3, -0.25) is 14.4 Å². The zero-order chi connectivity index (χ0) is 27.8. The zero-order valence-electron chi connectivity index (χ0n) is 21.7. The van der Waals surface area contributed by atoms with Gasteiger partial charge in [0.05, 0.1) is 6.04 Å². The lowest BCUT2D eigenvalue weighted by atomic mass is 9.95. The number of aromatic hydroxyl groups is 2. The molecule has 0 saturated heterocycles. The van der Waals surface area contributed by atoms with Gasteiger partial charge in [0.15, 0.2) is 0 Å². The van der Waals surface area contributed by atoms with Gasteiger partial charge in [-0.25, -0.2) is 0 Å². The fourth-order valence-electron chi connectivity index (χ4n) is 4.64. The molecule has 0 radical (unpaired) electrons. The highest BCUT2D eigenvalue weighted by Gasteiger charge is 2.35. The van der Waals surface area contributed by atoms with Crippen molar-refractivity contribution in [3.8, 4) is 22.6 Å². The van der Waals surface area contributed by atoms with E-state index in [1.807, 2.05) is 0 Å². The van der Waals surface area contributed by atoms with Crippen molar-refractivity contribution in [3.05, 3.63) is 47.5 Å². The summed E-state index contributed by atoms with van der Waals surface area (Å²) < 4.78 is 0. The van der Waals surface area contributed by atoms with Crippen molar-refractivity contribution in [1.82, 2.24) is 15.5 Å². The lowest BCUT2D eigenvalue weighted by molar-refractivity contribution is -0.143. The lowest BCUT2D eigenvalue weighted by Crippen LogP contribution is -2.58. The summed E-state index contributed by atoms with van der Waals surface area (Å²) in [6.07, 6.45) is 0.773. The van der Waals surface area contributed by atoms with Crippen molar-refractivity contribution in [2.24, 2.45) is 17.2 Å². The van der Waals surface area contributed by atoms with Crippen LogP contribution in [0.5, 0.6) is 11.5 Å². The second-order valence-corrected chi connectivity index (χ2v) is 9.41. The Hall–Kier alpha value is -3.67. The first-order valence-corrected chi connectivity index (χ1v) is 12.9. The summed E-state index contributed by atoms with van der Waals surface area (Å²) in [7, 11) is 0. The van der Waals surface area contributed by atoms with Gasteiger partial charge in [0.1, 0.15) is 23.6 Å². The fraction of sp³-hybridized carbons (Fsp3) is 0.444. The molecule has 11 heteroatoms. The molecule has 1 heterocycles. The highest BCUT2D eigenvalue weighted by molar-refractivity contribution is 5.93. The largest absolute Gasteiger partial charge is 0.508 e. The number of carbonyl (C=O) groups excluding carboxylic acids is 3. The second-order valence-electron chi connectivity index (χ2n) is 9.41. The number of benzene rings is 2. The van der Waals surface area contributed by atoms with Crippen molar-refractivity contribution in [3.63, 3.8) is 0 Å². The van der Waals surface area contributed by atoms with E-state index in [0.29, 0.717) is 24.1 Å². The number of hydrogen-bond donors (Lipinski definition) is 7. The summed E-state index contributed by atoms with van der Waals surface area (Å²) in [6.45, 7) is 2.66. The second kappa shape index (κ2) is 13.2. The maximum absolute atomic E-state index is 13.8. The van der Waals surface area contributed by atoms with Crippen LogP contribution in [0.4, 0.5) is 0 Å². The Morgan fingerprint density at radius 2 is 1.63 bits per heavy atom. The minimum absolute atomic E-state index is 0.00938. The third-order valence-electron chi connectivity index (χ3n) is 6.74. The van der Waals surface area contributed by atoms with Crippen LogP contribution in [-0.4, -0.2) is 77.1 Å². The molecule has 3 amide bonds. The molecule has 2 aromatic carbocycles. The van der Waals surface area contributed by atoms with Crippen LogP contribution >= 0.6 is 0 Å². The van der Waals surface area contributed by atoms with Crippen LogP contribution in [0.1, 0.15) is 30.9 Å². The topological polar surface area (TPSA) is 197 Å². The van der Waals surface area contributed by atoms with Crippen LogP contribution in [0.2, 0.25) is 0 Å². The smallest absolute Gasteiger partial charge is 0.245 e. The molecule has 0 saturated carbocycles. The molecule has 1 aliphatic heterocycles. The quantitative estimate of drug-likeness (QED) is 0.255. The maximum atomic E-state index is 13.8. The predicted octanol–water partition coefficient (Wildman–Crippen LogP) is -0.294. The molecule has 3 rings (SSSR count). The molecule has 206 valence electrons. The number of hydrogen-bond acceptors (Lipinski definition) is 8. The summed E-state index contributed by atoms with van der Waals surface area (Å²) in [6, 6.07) is 6.99. The van der Waals surface area contributed by atoms with Crippen LogP contribution < -0.4 is 27.8 Å². The molecule has 11 nitrogen and oxygen atoms in total. The first kappa shape index (κ1) is 28.9. The summed E-state index contributed by atoms with van der Waals surface area (Å²) in [5.41, 5.74) is 19.9. The third-order valence-corrected chi connectivity index (χ3v) is 6.74. The van der Waals surface area contributed by atoms with Gasteiger partial charge in [-0.2, -0.15) is 0 Å². The summed E-state index contributed by atoms with van der Waals surface area (Å²) in [5.74, 6) is -1.47. The van der Waals surface area contributed by atoms with E-state index in [1.54, 1.807) is 31.2 Å². The molecule has 2 unspecified atom stereocenters. The highest BCUT2D eigenvalue weighted by Crippen LogP contribution is 2.31. The van der Waals surface area contributed by atoms with Crippen LogP contribution in [0.15, 0.2) is 36.4 Å². The molecule has 38 heavy (non-hydrogen) atoms. The Morgan fingerprint density at radius 3 is 2.18 bits per heavy atom. The Labute approximate surface area is 222 Å². The fourth-order valence-corrected chi connectivity index (χ4v) is 4.64. The molecule has 0 fully saturated rings. The normalized spacial score (nSPS) is 20.3. The van der Waals surface area contributed by atoms with Crippen molar-refractivity contribution in [1.29, 1.82) is 0 Å². The molecule has 10 N–H and O–H groups in total. The number of fused-ring (bicyclic) bond motifs is 5. The number of nitrogens with zero attached hydrogens (tertiary/aromatic N) is 1. The van der Waals surface area contributed by atoms with E-state index < -0.39 is 35.8 Å². The average Bonchev–Trinajstić information content (AvgIpc) is 2.91. The van der Waals surface area contributed by atoms with E-state index >= 15 is 0 Å². The Balaban J connectivity index is 2.17. The maximum Gasteiger partial charge on any atom is 0.245 e. The molecule has 3 atom stereocenters. The molecular formula is C27H38N6O5. The monoisotopic (exact) mass is 526 g/mol. The first-order chi connectivity index (χ1) is 18.2. The molecule has 1 aliphatic rings. The zero-order valence-corrected chi connectivity index (χ0v) is 21.7. The standard InChI is InChI=1S/C27H38N6O5/c1-2-33-22(26(37)31-11-10-29)15-19-13-17(6-8-24(19)35)16-5-7-23(34)18(12-16)14-20(30)25(36)32-21(27(33)38)4-3-9-28/h5-8,12-13,20-22,34-35H,2-4,9-11,14-15,28-30H2,1H3,(H,31,37)(H,32,36)/t20?,21-,22?/m0/s1. The van der Waals surface area contributed by atoms with Gasteiger partial charge < -0.3 is 42.9 Å². The first-order valence-electron chi connectivity index (χ1n) is 12.9. The number of carbonyl (C=O) groups is 3. The van der Waals surface area contributed by atoms with Gasteiger partial charge in [0, 0.05) is 32.5 Å². The summed E-state index contributed by atoms with van der Waals surface area (Å²) in [5, 5.41) is 26.6. The van der Waals surface area contributed by atoms with Gasteiger partial charge >= 0.3 is 0 Å². The van der Waals surface area contributed by atoms with E-state index in [-0.39, 0.29) is 50.4 Å². The minimum atomic E-state index is -1.04. The highest BCUT2D eigenvalue weighted by atomic mass is 16.3. The van der Waals surface area contributed by atoms with Crippen LogP contribution in [0.25, 0.3) is 11.1 Å². The van der Waals surface area contributed by atoms with Gasteiger partial charge in [0.2, 0.25) is 17.7 Å². The summed E-state index contributed by atoms with van der Waals surface area (Å²) in [4.78, 5) is 41.6. The van der Waals surface area contributed by atoms with Crippen LogP contribution in [0, 0.1) is 0 Å². The minimum Gasteiger partial charge on any atom is -0.508 e. The Kier molecular flexibility index (Phi) is 10.1. The Bertz CT molecular complexity index is 1160. The molecule has 0 aromatic heterocycles. The van der Waals surface area contributed by atoms with Crippen LogP contribution in [-0.2, 0) is 27.2 Å². The van der Waals surface area contributed by atoms with Gasteiger partial charge in [0.25, 0.3) is 0 Å². The average molecular weight is 527 g/mol. The van der Waals surface area contributed by atoms with Gasteiger partial charge in [-0.1, -0.05) is 12.1 Å². The van der Waals surface area contributed by atoms with Crippen molar-refractivity contribution in [2.45, 2.75) is 50.7 Å². The molecule has 0 aliphatic carbocycles. The van der Waals surface area contributed by atoms with Gasteiger partial charge in [-0.05, 0) is 72.8 Å². The molecule has 0 spiro atoms. The number of rotatable bonds is 7. The van der Waals surface area contributed by atoms with Crippen molar-refractivity contribution >= 4 is 17.7 Å². The van der Waals surface area contributed by atoms with Crippen molar-refractivity contribution in [2.75, 3.05) is 26.2 Å². The van der Waals surface area contributed by atoms with Gasteiger partial charge in [-0.15, -0.1) is 0 Å². The van der Waals surface area contributed by atoms with Crippen molar-refractivity contribution < 1.29 is 24.6 Å². The van der Waals surface area contributed by atoms with E-state index in [4.69, 9.17) is 17.2 Å². The molecule has 2 aromatic rings. The number of nitrogens with one attached hydrogen (secondary N) is 2. The Morgan fingerprint density at radius 1 is 1.03 bits per heavy atom. The predicted molar refractivity (Wildman–Crippen MR) is 144 cm³/mol. The molecule has 4 bridgehead atoms. The number of amides is 3. The third kappa shape index (κ3) is 6.80. The molecular weight excluding hydrogens is 488 g/mol. The van der Waals surface area contributed by atoms with E-state index in [2.05, 4.69) is 10.6 Å².